The Bertz CT molecular complexity index is 164. The molecule has 1 aliphatic rings. The molecule has 1 aliphatic heterocycles. The van der Waals surface area contributed by atoms with Crippen LogP contribution in [0.5, 0.6) is 0 Å². The van der Waals surface area contributed by atoms with Crippen LogP contribution in [0.4, 0.5) is 0 Å². The van der Waals surface area contributed by atoms with Crippen molar-refractivity contribution >= 4 is 7.85 Å². The van der Waals surface area contributed by atoms with Gasteiger partial charge in [0.2, 0.25) is 0 Å². The van der Waals surface area contributed by atoms with E-state index in [2.05, 4.69) is 5.92 Å². The zero-order valence-corrected chi connectivity index (χ0v) is 7.04. The summed E-state index contributed by atoms with van der Waals surface area (Å²) < 4.78 is 10.5. The highest BCUT2D eigenvalue weighted by Crippen LogP contribution is 2.24. The highest BCUT2D eigenvalue weighted by Gasteiger charge is 2.30. The van der Waals surface area contributed by atoms with E-state index >= 15 is 0 Å². The molecule has 0 N–H and O–H groups in total. The minimum absolute atomic E-state index is 0.111. The highest BCUT2D eigenvalue weighted by molar-refractivity contribution is 6.11. The molecule has 0 bridgehead atoms. The average molecular weight is 152 g/mol. The normalized spacial score (nSPS) is 36.9. The zero-order chi connectivity index (χ0) is 8.27. The maximum Gasteiger partial charge on any atom is 0.139 e. The SMILES string of the molecule is B[C@H]1C[C@@H](C#C)[C@@H](COC)O1. The Morgan fingerprint density at radius 1 is 1.82 bits per heavy atom. The second-order valence-corrected chi connectivity index (χ2v) is 2.95. The van der Waals surface area contributed by atoms with Crippen LogP contribution in [0, 0.1) is 18.3 Å². The van der Waals surface area contributed by atoms with Crippen molar-refractivity contribution in [3.63, 3.8) is 0 Å². The summed E-state index contributed by atoms with van der Waals surface area (Å²) in [6.45, 7) is 0.610. The molecule has 2 nitrogen and oxygen atoms in total. The zero-order valence-electron chi connectivity index (χ0n) is 7.04. The van der Waals surface area contributed by atoms with Gasteiger partial charge in [0, 0.05) is 13.1 Å². The Kier molecular flexibility index (Phi) is 2.98. The molecule has 1 saturated heterocycles. The monoisotopic (exact) mass is 152 g/mol. The Morgan fingerprint density at radius 3 is 3.09 bits per heavy atom. The lowest BCUT2D eigenvalue weighted by Crippen LogP contribution is -2.21. The van der Waals surface area contributed by atoms with Gasteiger partial charge in [0.25, 0.3) is 0 Å². The average Bonchev–Trinajstić information content (AvgIpc) is 2.32. The van der Waals surface area contributed by atoms with Crippen molar-refractivity contribution in [1.82, 2.24) is 0 Å². The van der Waals surface area contributed by atoms with Crippen molar-refractivity contribution in [2.45, 2.75) is 18.5 Å². The van der Waals surface area contributed by atoms with E-state index in [0.29, 0.717) is 6.61 Å². The first-order chi connectivity index (χ1) is 5.27. The molecule has 0 aromatic rings. The largest absolute Gasteiger partial charge is 0.382 e. The van der Waals surface area contributed by atoms with Crippen molar-refractivity contribution in [3.05, 3.63) is 0 Å². The predicted octanol–water partition coefficient (Wildman–Crippen LogP) is -0.370. The summed E-state index contributed by atoms with van der Waals surface area (Å²) in [5, 5.41) is 0. The van der Waals surface area contributed by atoms with E-state index in [1.54, 1.807) is 7.11 Å². The molecular weight excluding hydrogens is 139 g/mol. The van der Waals surface area contributed by atoms with E-state index < -0.39 is 0 Å². The first-order valence-corrected chi connectivity index (χ1v) is 3.88. The van der Waals surface area contributed by atoms with E-state index in [4.69, 9.17) is 15.9 Å². The summed E-state index contributed by atoms with van der Waals surface area (Å²) in [6, 6.07) is 0.288. The van der Waals surface area contributed by atoms with Gasteiger partial charge in [-0.3, -0.25) is 0 Å². The van der Waals surface area contributed by atoms with Crippen LogP contribution in [0.1, 0.15) is 6.42 Å². The van der Waals surface area contributed by atoms with Crippen LogP contribution in [0.2, 0.25) is 0 Å². The minimum atomic E-state index is 0.111. The quantitative estimate of drug-likeness (QED) is 0.397. The number of methoxy groups -OCH3 is 1. The first kappa shape index (κ1) is 8.64. The van der Waals surface area contributed by atoms with E-state index in [1.807, 2.05) is 7.85 Å². The van der Waals surface area contributed by atoms with Crippen LogP contribution >= 0.6 is 0 Å². The van der Waals surface area contributed by atoms with Gasteiger partial charge in [0.05, 0.1) is 18.6 Å². The van der Waals surface area contributed by atoms with Gasteiger partial charge in [-0.05, 0) is 6.42 Å². The van der Waals surface area contributed by atoms with Crippen molar-refractivity contribution in [2.24, 2.45) is 5.92 Å². The van der Waals surface area contributed by atoms with Crippen LogP contribution in [-0.2, 0) is 9.47 Å². The van der Waals surface area contributed by atoms with Gasteiger partial charge < -0.3 is 9.47 Å². The Hall–Kier alpha value is -0.455. The van der Waals surface area contributed by atoms with Crippen LogP contribution in [0.3, 0.4) is 0 Å². The molecule has 0 radical (unpaired) electrons. The Labute approximate surface area is 68.7 Å². The molecule has 1 heterocycles. The van der Waals surface area contributed by atoms with Crippen LogP contribution in [0.25, 0.3) is 0 Å². The number of terminal acetylenes is 1. The van der Waals surface area contributed by atoms with Gasteiger partial charge in [-0.15, -0.1) is 12.3 Å². The minimum Gasteiger partial charge on any atom is -0.382 e. The van der Waals surface area contributed by atoms with Gasteiger partial charge in [0.15, 0.2) is 0 Å². The third kappa shape index (κ3) is 1.98. The molecule has 0 aromatic heterocycles. The number of hydrogen-bond acceptors (Lipinski definition) is 2. The molecule has 1 fully saturated rings. The third-order valence-electron chi connectivity index (χ3n) is 1.99. The van der Waals surface area contributed by atoms with E-state index in [-0.39, 0.29) is 18.0 Å². The fourth-order valence-corrected chi connectivity index (χ4v) is 1.45. The van der Waals surface area contributed by atoms with Gasteiger partial charge in [-0.2, -0.15) is 0 Å². The summed E-state index contributed by atoms with van der Waals surface area (Å²) >= 11 is 0. The predicted molar refractivity (Wildman–Crippen MR) is 46.0 cm³/mol. The van der Waals surface area contributed by atoms with Crippen molar-refractivity contribution < 1.29 is 9.47 Å². The van der Waals surface area contributed by atoms with Crippen LogP contribution < -0.4 is 0 Å². The lowest BCUT2D eigenvalue weighted by Gasteiger charge is -2.12. The van der Waals surface area contributed by atoms with Crippen molar-refractivity contribution in [2.75, 3.05) is 13.7 Å². The van der Waals surface area contributed by atoms with Crippen LogP contribution in [0.15, 0.2) is 0 Å². The fourth-order valence-electron chi connectivity index (χ4n) is 1.45. The molecule has 0 amide bonds. The van der Waals surface area contributed by atoms with E-state index in [1.165, 1.54) is 0 Å². The number of rotatable bonds is 2. The van der Waals surface area contributed by atoms with Gasteiger partial charge in [-0.25, -0.2) is 0 Å². The summed E-state index contributed by atoms with van der Waals surface area (Å²) in [7, 11) is 3.71. The molecule has 0 aromatic carbocycles. The second-order valence-electron chi connectivity index (χ2n) is 2.95. The van der Waals surface area contributed by atoms with Gasteiger partial charge in [-0.1, -0.05) is 0 Å². The van der Waals surface area contributed by atoms with E-state index in [0.717, 1.165) is 6.42 Å². The number of ether oxygens (including phenoxy) is 2. The summed E-state index contributed by atoms with van der Waals surface area (Å²) in [6.07, 6.45) is 6.41. The molecule has 60 valence electrons. The van der Waals surface area contributed by atoms with Gasteiger partial charge in [0.1, 0.15) is 7.85 Å². The Balaban J connectivity index is 2.45. The molecular formula is C8H13BO2. The van der Waals surface area contributed by atoms with Crippen molar-refractivity contribution in [3.8, 4) is 12.3 Å². The topological polar surface area (TPSA) is 18.5 Å². The lowest BCUT2D eigenvalue weighted by atomic mass is 9.91. The molecule has 0 unspecified atom stereocenters. The fraction of sp³-hybridized carbons (Fsp3) is 0.750. The maximum absolute atomic E-state index is 5.54. The number of hydrogen-bond donors (Lipinski definition) is 0. The summed E-state index contributed by atoms with van der Waals surface area (Å²) in [5.41, 5.74) is 0. The molecule has 3 heteroatoms. The van der Waals surface area contributed by atoms with E-state index in [9.17, 15) is 0 Å². The second kappa shape index (κ2) is 3.80. The Morgan fingerprint density at radius 2 is 2.55 bits per heavy atom. The molecule has 3 atom stereocenters. The summed E-state index contributed by atoms with van der Waals surface area (Å²) in [4.78, 5) is 0. The van der Waals surface area contributed by atoms with Gasteiger partial charge >= 0.3 is 0 Å². The molecule has 0 saturated carbocycles. The molecule has 0 aliphatic carbocycles. The molecule has 0 spiro atoms. The third-order valence-corrected chi connectivity index (χ3v) is 1.99. The van der Waals surface area contributed by atoms with Crippen LogP contribution in [-0.4, -0.2) is 33.7 Å². The van der Waals surface area contributed by atoms with Crippen molar-refractivity contribution in [1.29, 1.82) is 0 Å². The summed E-state index contributed by atoms with van der Waals surface area (Å²) in [5.74, 6) is 2.96. The maximum atomic E-state index is 5.54. The molecule has 1 rings (SSSR count). The first-order valence-electron chi connectivity index (χ1n) is 3.88. The molecule has 11 heavy (non-hydrogen) atoms. The smallest absolute Gasteiger partial charge is 0.139 e. The lowest BCUT2D eigenvalue weighted by molar-refractivity contribution is 0.0168. The highest BCUT2D eigenvalue weighted by atomic mass is 16.5. The standard InChI is InChI=1S/C8H13BO2/c1-3-6-4-8(9)11-7(6)5-10-2/h1,6-8H,4-5,9H2,2H3/t6-,7-,8-/m1/s1.